The van der Waals surface area contributed by atoms with Crippen LogP contribution >= 0.6 is 0 Å². The number of hydrogen-bond donors (Lipinski definition) is 1. The fourth-order valence-electron chi connectivity index (χ4n) is 5.74. The summed E-state index contributed by atoms with van der Waals surface area (Å²) in [6.07, 6.45) is 4.65. The summed E-state index contributed by atoms with van der Waals surface area (Å²) in [6.45, 7) is 1.85. The van der Waals surface area contributed by atoms with E-state index in [9.17, 15) is 14.0 Å². The van der Waals surface area contributed by atoms with Crippen molar-refractivity contribution < 1.29 is 23.5 Å². The molecule has 1 N–H and O–H groups in total. The van der Waals surface area contributed by atoms with Gasteiger partial charge < -0.3 is 14.8 Å². The number of carbonyl (C=O) groups excluding carboxylic acids is 2. The highest BCUT2D eigenvalue weighted by Gasteiger charge is 2.42. The second-order valence-electron chi connectivity index (χ2n) is 9.62. The number of ketones is 1. The van der Waals surface area contributed by atoms with Crippen LogP contribution in [-0.4, -0.2) is 25.0 Å². The van der Waals surface area contributed by atoms with Crippen molar-refractivity contribution in [1.29, 1.82) is 0 Å². The van der Waals surface area contributed by atoms with E-state index in [1.807, 2.05) is 31.2 Å². The molecule has 5 nitrogen and oxygen atoms in total. The molecular weight excluding hydrogens is 445 g/mol. The maximum atomic E-state index is 13.8. The molecule has 2 aromatic carbocycles. The lowest BCUT2D eigenvalue weighted by Crippen LogP contribution is -2.36. The lowest BCUT2D eigenvalue weighted by molar-refractivity contribution is -0.144. The van der Waals surface area contributed by atoms with Crippen molar-refractivity contribution in [1.82, 2.24) is 5.32 Å². The van der Waals surface area contributed by atoms with E-state index in [4.69, 9.17) is 9.47 Å². The normalized spacial score (nSPS) is 22.7. The smallest absolute Gasteiger partial charge is 0.337 e. The van der Waals surface area contributed by atoms with Gasteiger partial charge in [0.1, 0.15) is 17.7 Å². The Bertz CT molecular complexity index is 1210. The average molecular weight is 476 g/mol. The third kappa shape index (κ3) is 4.49. The first-order valence-electron chi connectivity index (χ1n) is 12.3. The number of Topliss-reactive ketones (excluding diaryl/α,β-unsaturated/α-hetero) is 1. The summed E-state index contributed by atoms with van der Waals surface area (Å²) in [5.74, 6) is -0.664. The molecular formula is C29H30FNO4. The standard InChI is InChI=1S/C29H30FNO4/c1-17-26(29(33)35-21-7-3-4-8-21)27(18-11-13-20(30)14-12-18)28-23(31-17)15-19(16-24(28)32)22-9-5-6-10-25(22)34-2/h5-6,9-14,19,21,27,31H,3-4,7-8,15-16H2,1-2H3/t19-,27+/m0/s1. The minimum atomic E-state index is -0.591. The van der Waals surface area contributed by atoms with Crippen LogP contribution in [0.15, 0.2) is 71.1 Å². The van der Waals surface area contributed by atoms with E-state index < -0.39 is 11.9 Å². The van der Waals surface area contributed by atoms with Crippen molar-refractivity contribution in [2.45, 2.75) is 63.4 Å². The van der Waals surface area contributed by atoms with Crippen LogP contribution in [0, 0.1) is 5.82 Å². The zero-order valence-corrected chi connectivity index (χ0v) is 20.1. The summed E-state index contributed by atoms with van der Waals surface area (Å²) in [6, 6.07) is 13.8. The van der Waals surface area contributed by atoms with E-state index in [0.29, 0.717) is 35.2 Å². The molecule has 0 radical (unpaired) electrons. The maximum absolute atomic E-state index is 13.8. The molecule has 0 unspecified atom stereocenters. The van der Waals surface area contributed by atoms with Gasteiger partial charge in [-0.15, -0.1) is 0 Å². The van der Waals surface area contributed by atoms with E-state index in [-0.39, 0.29) is 23.6 Å². The zero-order chi connectivity index (χ0) is 24.5. The van der Waals surface area contributed by atoms with Crippen LogP contribution in [0.25, 0.3) is 0 Å². The molecule has 35 heavy (non-hydrogen) atoms. The molecule has 182 valence electrons. The fourth-order valence-corrected chi connectivity index (χ4v) is 5.74. The van der Waals surface area contributed by atoms with Crippen molar-refractivity contribution in [3.63, 3.8) is 0 Å². The number of halogens is 1. The highest BCUT2D eigenvalue weighted by Crippen LogP contribution is 2.47. The first-order chi connectivity index (χ1) is 17.0. The second kappa shape index (κ2) is 9.68. The van der Waals surface area contributed by atoms with Crippen molar-refractivity contribution in [2.24, 2.45) is 0 Å². The van der Waals surface area contributed by atoms with Gasteiger partial charge in [-0.05, 0) is 68.4 Å². The molecule has 2 atom stereocenters. The van der Waals surface area contributed by atoms with Gasteiger partial charge in [-0.2, -0.15) is 0 Å². The molecule has 1 heterocycles. The van der Waals surface area contributed by atoms with Gasteiger partial charge in [0.2, 0.25) is 0 Å². The van der Waals surface area contributed by atoms with Crippen molar-refractivity contribution in [3.05, 3.63) is 88.0 Å². The van der Waals surface area contributed by atoms with E-state index in [1.54, 1.807) is 19.2 Å². The summed E-state index contributed by atoms with van der Waals surface area (Å²) >= 11 is 0. The van der Waals surface area contributed by atoms with Gasteiger partial charge in [0.05, 0.1) is 12.7 Å². The number of allylic oxidation sites excluding steroid dienone is 3. The minimum Gasteiger partial charge on any atom is -0.496 e. The maximum Gasteiger partial charge on any atom is 0.337 e. The van der Waals surface area contributed by atoms with E-state index in [1.165, 1.54) is 12.1 Å². The Morgan fingerprint density at radius 2 is 1.74 bits per heavy atom. The molecule has 1 fully saturated rings. The van der Waals surface area contributed by atoms with Gasteiger partial charge in [-0.25, -0.2) is 9.18 Å². The van der Waals surface area contributed by atoms with Crippen molar-refractivity contribution >= 4 is 11.8 Å². The third-order valence-corrected chi connectivity index (χ3v) is 7.41. The molecule has 0 aromatic heterocycles. The van der Waals surface area contributed by atoms with Crippen LogP contribution in [-0.2, 0) is 14.3 Å². The highest BCUT2D eigenvalue weighted by molar-refractivity contribution is 6.04. The van der Waals surface area contributed by atoms with Crippen LogP contribution in [0.2, 0.25) is 0 Å². The molecule has 2 aliphatic carbocycles. The molecule has 1 aliphatic heterocycles. The number of hydrogen-bond acceptors (Lipinski definition) is 5. The lowest BCUT2D eigenvalue weighted by Gasteiger charge is -2.37. The van der Waals surface area contributed by atoms with Crippen LogP contribution in [0.4, 0.5) is 4.39 Å². The van der Waals surface area contributed by atoms with Gasteiger partial charge in [0.25, 0.3) is 0 Å². The third-order valence-electron chi connectivity index (χ3n) is 7.41. The largest absolute Gasteiger partial charge is 0.496 e. The Balaban J connectivity index is 1.54. The van der Waals surface area contributed by atoms with Gasteiger partial charge in [-0.3, -0.25) is 4.79 Å². The van der Waals surface area contributed by atoms with E-state index >= 15 is 0 Å². The summed E-state index contributed by atoms with van der Waals surface area (Å²) in [7, 11) is 1.63. The van der Waals surface area contributed by atoms with Gasteiger partial charge >= 0.3 is 5.97 Å². The molecule has 5 rings (SSSR count). The van der Waals surface area contributed by atoms with Crippen LogP contribution < -0.4 is 10.1 Å². The number of methoxy groups -OCH3 is 1. The van der Waals surface area contributed by atoms with E-state index in [2.05, 4.69) is 5.32 Å². The van der Waals surface area contributed by atoms with Gasteiger partial charge in [0.15, 0.2) is 5.78 Å². The van der Waals surface area contributed by atoms with Gasteiger partial charge in [0, 0.05) is 35.2 Å². The van der Waals surface area contributed by atoms with Gasteiger partial charge in [-0.1, -0.05) is 30.3 Å². The molecule has 6 heteroatoms. The molecule has 0 saturated heterocycles. The number of dihydropyridines is 1. The number of carbonyl (C=O) groups is 2. The lowest BCUT2D eigenvalue weighted by atomic mass is 9.71. The predicted octanol–water partition coefficient (Wildman–Crippen LogP) is 5.68. The topological polar surface area (TPSA) is 64.6 Å². The summed E-state index contributed by atoms with van der Waals surface area (Å²) < 4.78 is 25.2. The van der Waals surface area contributed by atoms with Crippen LogP contribution in [0.1, 0.15) is 68.4 Å². The average Bonchev–Trinajstić information content (AvgIpc) is 3.36. The van der Waals surface area contributed by atoms with Crippen molar-refractivity contribution in [3.8, 4) is 5.75 Å². The molecule has 0 spiro atoms. The van der Waals surface area contributed by atoms with Crippen molar-refractivity contribution in [2.75, 3.05) is 7.11 Å². The Morgan fingerprint density at radius 3 is 2.46 bits per heavy atom. The number of ether oxygens (including phenoxy) is 2. The van der Waals surface area contributed by atoms with Crippen LogP contribution in [0.5, 0.6) is 5.75 Å². The monoisotopic (exact) mass is 475 g/mol. The number of nitrogens with one attached hydrogen (secondary N) is 1. The number of benzene rings is 2. The summed E-state index contributed by atoms with van der Waals surface area (Å²) in [5.41, 5.74) is 4.19. The Hall–Kier alpha value is -3.41. The molecule has 0 amide bonds. The Kier molecular flexibility index (Phi) is 6.46. The zero-order valence-electron chi connectivity index (χ0n) is 20.1. The SMILES string of the molecule is COc1ccccc1[C@@H]1CC(=O)C2=C(C1)NC(C)=C(C(=O)OC1CCCC1)[C@H]2c1ccc(F)cc1. The first-order valence-corrected chi connectivity index (χ1v) is 12.3. The Morgan fingerprint density at radius 1 is 1.03 bits per heavy atom. The molecule has 0 bridgehead atoms. The molecule has 3 aliphatic rings. The quantitative estimate of drug-likeness (QED) is 0.564. The summed E-state index contributed by atoms with van der Waals surface area (Å²) in [4.78, 5) is 27.1. The highest BCUT2D eigenvalue weighted by atomic mass is 19.1. The van der Waals surface area contributed by atoms with E-state index in [0.717, 1.165) is 42.7 Å². The first kappa shape index (κ1) is 23.3. The number of esters is 1. The minimum absolute atomic E-state index is 0.0253. The Labute approximate surface area is 205 Å². The number of rotatable bonds is 5. The predicted molar refractivity (Wildman–Crippen MR) is 130 cm³/mol. The fraction of sp³-hybridized carbons (Fsp3) is 0.379. The summed E-state index contributed by atoms with van der Waals surface area (Å²) in [5, 5.41) is 3.38. The number of para-hydroxylation sites is 1. The molecule has 2 aromatic rings. The molecule has 1 saturated carbocycles. The van der Waals surface area contributed by atoms with Crippen LogP contribution in [0.3, 0.4) is 0 Å². The second-order valence-corrected chi connectivity index (χ2v) is 9.62.